The Kier molecular flexibility index (Phi) is 3.59. The van der Waals surface area contributed by atoms with Crippen LogP contribution >= 0.6 is 11.8 Å². The van der Waals surface area contributed by atoms with Crippen LogP contribution in [0.4, 0.5) is 5.82 Å². The van der Waals surface area contributed by atoms with E-state index in [2.05, 4.69) is 15.9 Å². The van der Waals surface area contributed by atoms with Crippen LogP contribution in [0.5, 0.6) is 0 Å². The van der Waals surface area contributed by atoms with Crippen LogP contribution in [0.2, 0.25) is 0 Å². The molecule has 0 saturated heterocycles. The SMILES string of the molecule is C#CCSc1nc(N)cc(CC)n1. The minimum atomic E-state index is 0.506. The molecule has 13 heavy (non-hydrogen) atoms. The van der Waals surface area contributed by atoms with Gasteiger partial charge in [0.1, 0.15) is 5.82 Å². The lowest BCUT2D eigenvalue weighted by atomic mass is 10.3. The maximum Gasteiger partial charge on any atom is 0.190 e. The third kappa shape index (κ3) is 2.96. The second-order valence-corrected chi connectivity index (χ2v) is 3.36. The summed E-state index contributed by atoms with van der Waals surface area (Å²) < 4.78 is 0. The van der Waals surface area contributed by atoms with Crippen molar-refractivity contribution in [2.24, 2.45) is 0 Å². The summed E-state index contributed by atoms with van der Waals surface area (Å²) in [4.78, 5) is 8.32. The molecule has 1 aromatic rings. The van der Waals surface area contributed by atoms with Crippen molar-refractivity contribution >= 4 is 17.6 Å². The van der Waals surface area contributed by atoms with Gasteiger partial charge in [0.25, 0.3) is 0 Å². The van der Waals surface area contributed by atoms with Crippen molar-refractivity contribution in [2.45, 2.75) is 18.5 Å². The van der Waals surface area contributed by atoms with E-state index in [-0.39, 0.29) is 0 Å². The highest BCUT2D eigenvalue weighted by atomic mass is 32.2. The van der Waals surface area contributed by atoms with Gasteiger partial charge in [-0.3, -0.25) is 0 Å². The smallest absolute Gasteiger partial charge is 0.190 e. The molecule has 1 heterocycles. The van der Waals surface area contributed by atoms with E-state index in [0.29, 0.717) is 16.7 Å². The maximum atomic E-state index is 5.59. The number of nitrogens with two attached hydrogens (primary N) is 1. The Bertz CT molecular complexity index is 330. The standard InChI is InChI=1S/C9H11N3S/c1-3-5-13-9-11-7(4-2)6-8(10)12-9/h1,6H,4-5H2,2H3,(H2,10,11,12). The zero-order valence-corrected chi connectivity index (χ0v) is 8.27. The number of anilines is 1. The molecule has 0 radical (unpaired) electrons. The Morgan fingerprint density at radius 2 is 2.38 bits per heavy atom. The molecule has 3 nitrogen and oxygen atoms in total. The average molecular weight is 193 g/mol. The number of thioether (sulfide) groups is 1. The molecule has 1 aromatic heterocycles. The highest BCUT2D eigenvalue weighted by Crippen LogP contribution is 2.14. The van der Waals surface area contributed by atoms with Crippen molar-refractivity contribution in [1.82, 2.24) is 9.97 Å². The first-order chi connectivity index (χ1) is 6.26. The number of hydrogen-bond acceptors (Lipinski definition) is 4. The van der Waals surface area contributed by atoms with Gasteiger partial charge in [0.05, 0.1) is 5.75 Å². The summed E-state index contributed by atoms with van der Waals surface area (Å²) in [6.07, 6.45) is 5.98. The number of rotatable bonds is 3. The van der Waals surface area contributed by atoms with E-state index >= 15 is 0 Å². The lowest BCUT2D eigenvalue weighted by Gasteiger charge is -2.01. The van der Waals surface area contributed by atoms with E-state index in [1.54, 1.807) is 6.07 Å². The average Bonchev–Trinajstić information content (AvgIpc) is 2.14. The fourth-order valence-electron chi connectivity index (χ4n) is 0.845. The van der Waals surface area contributed by atoms with Crippen LogP contribution in [-0.4, -0.2) is 15.7 Å². The molecule has 0 saturated carbocycles. The van der Waals surface area contributed by atoms with Crippen LogP contribution in [0.1, 0.15) is 12.6 Å². The summed E-state index contributed by atoms with van der Waals surface area (Å²) in [6, 6.07) is 1.78. The van der Waals surface area contributed by atoms with Gasteiger partial charge in [0, 0.05) is 11.8 Å². The van der Waals surface area contributed by atoms with Gasteiger partial charge in [-0.1, -0.05) is 24.6 Å². The second kappa shape index (κ2) is 4.73. The van der Waals surface area contributed by atoms with E-state index in [1.807, 2.05) is 6.92 Å². The Balaban J connectivity index is 2.83. The quantitative estimate of drug-likeness (QED) is 0.447. The van der Waals surface area contributed by atoms with Crippen molar-refractivity contribution < 1.29 is 0 Å². The van der Waals surface area contributed by atoms with Crippen LogP contribution in [0.3, 0.4) is 0 Å². The van der Waals surface area contributed by atoms with Crippen molar-refractivity contribution in [3.05, 3.63) is 11.8 Å². The third-order valence-electron chi connectivity index (χ3n) is 1.43. The summed E-state index contributed by atoms with van der Waals surface area (Å²) in [5, 5.41) is 0.662. The Morgan fingerprint density at radius 1 is 1.62 bits per heavy atom. The number of terminal acetylenes is 1. The zero-order chi connectivity index (χ0) is 9.68. The molecule has 0 aliphatic carbocycles. The monoisotopic (exact) mass is 193 g/mol. The normalized spacial score (nSPS) is 9.54. The van der Waals surface area contributed by atoms with Gasteiger partial charge in [-0.2, -0.15) is 0 Å². The van der Waals surface area contributed by atoms with Crippen molar-refractivity contribution in [1.29, 1.82) is 0 Å². The summed E-state index contributed by atoms with van der Waals surface area (Å²) >= 11 is 1.43. The second-order valence-electron chi connectivity index (χ2n) is 2.41. The molecule has 0 amide bonds. The van der Waals surface area contributed by atoms with Crippen molar-refractivity contribution in [3.8, 4) is 12.3 Å². The van der Waals surface area contributed by atoms with Gasteiger partial charge in [-0.15, -0.1) is 6.42 Å². The number of nitrogens with zero attached hydrogens (tertiary/aromatic N) is 2. The van der Waals surface area contributed by atoms with Gasteiger partial charge in [-0.05, 0) is 6.42 Å². The van der Waals surface area contributed by atoms with Gasteiger partial charge >= 0.3 is 0 Å². The van der Waals surface area contributed by atoms with E-state index < -0.39 is 0 Å². The maximum absolute atomic E-state index is 5.59. The Hall–Kier alpha value is -1.21. The molecule has 0 spiro atoms. The highest BCUT2D eigenvalue weighted by Gasteiger charge is 2.00. The van der Waals surface area contributed by atoms with Gasteiger partial charge < -0.3 is 5.73 Å². The molecule has 2 N–H and O–H groups in total. The minimum Gasteiger partial charge on any atom is -0.384 e. The predicted molar refractivity (Wildman–Crippen MR) is 55.4 cm³/mol. The van der Waals surface area contributed by atoms with Crippen LogP contribution in [-0.2, 0) is 6.42 Å². The van der Waals surface area contributed by atoms with Gasteiger partial charge in [0.2, 0.25) is 0 Å². The molecular formula is C9H11N3S. The van der Waals surface area contributed by atoms with E-state index in [4.69, 9.17) is 12.2 Å². The van der Waals surface area contributed by atoms with Crippen molar-refractivity contribution in [2.75, 3.05) is 11.5 Å². The lowest BCUT2D eigenvalue weighted by molar-refractivity contribution is 0.897. The van der Waals surface area contributed by atoms with Crippen LogP contribution < -0.4 is 5.73 Å². The Morgan fingerprint density at radius 3 is 3.00 bits per heavy atom. The molecule has 0 aromatic carbocycles. The molecule has 0 fully saturated rings. The first-order valence-electron chi connectivity index (χ1n) is 3.96. The van der Waals surface area contributed by atoms with E-state index in [1.165, 1.54) is 11.8 Å². The number of hydrogen-bond donors (Lipinski definition) is 1. The summed E-state index contributed by atoms with van der Waals surface area (Å²) in [6.45, 7) is 2.03. The van der Waals surface area contributed by atoms with Crippen LogP contribution in [0.25, 0.3) is 0 Å². The summed E-state index contributed by atoms with van der Waals surface area (Å²) in [7, 11) is 0. The topological polar surface area (TPSA) is 51.8 Å². The van der Waals surface area contributed by atoms with Gasteiger partial charge in [-0.25, -0.2) is 9.97 Å². The third-order valence-corrected chi connectivity index (χ3v) is 2.18. The molecule has 0 aliphatic heterocycles. The molecule has 0 unspecified atom stereocenters. The fourth-order valence-corrected chi connectivity index (χ4v) is 1.41. The molecular weight excluding hydrogens is 182 g/mol. The summed E-state index contributed by atoms with van der Waals surface area (Å²) in [5.74, 6) is 3.60. The largest absolute Gasteiger partial charge is 0.384 e. The number of aryl methyl sites for hydroxylation is 1. The summed E-state index contributed by atoms with van der Waals surface area (Å²) in [5.41, 5.74) is 6.54. The Labute approximate surface area is 82.2 Å². The first kappa shape index (κ1) is 9.87. The van der Waals surface area contributed by atoms with E-state index in [0.717, 1.165) is 12.1 Å². The molecule has 0 atom stereocenters. The first-order valence-corrected chi connectivity index (χ1v) is 4.94. The van der Waals surface area contributed by atoms with Crippen LogP contribution in [0, 0.1) is 12.3 Å². The zero-order valence-electron chi connectivity index (χ0n) is 7.45. The highest BCUT2D eigenvalue weighted by molar-refractivity contribution is 7.99. The van der Waals surface area contributed by atoms with Gasteiger partial charge in [0.15, 0.2) is 5.16 Å². The van der Waals surface area contributed by atoms with Crippen molar-refractivity contribution in [3.63, 3.8) is 0 Å². The number of nitrogen functional groups attached to an aromatic ring is 1. The fraction of sp³-hybridized carbons (Fsp3) is 0.333. The minimum absolute atomic E-state index is 0.506. The molecule has 4 heteroatoms. The van der Waals surface area contributed by atoms with Crippen LogP contribution in [0.15, 0.2) is 11.2 Å². The lowest BCUT2D eigenvalue weighted by Crippen LogP contribution is -1.98. The van der Waals surface area contributed by atoms with E-state index in [9.17, 15) is 0 Å². The molecule has 1 rings (SSSR count). The molecule has 0 bridgehead atoms. The molecule has 68 valence electrons. The predicted octanol–water partition coefficient (Wildman–Crippen LogP) is 1.35. The number of aromatic nitrogens is 2. The molecule has 0 aliphatic rings.